The molecule has 2 aromatic carbocycles. The minimum atomic E-state index is -0.502. The number of ketones is 1. The van der Waals surface area contributed by atoms with E-state index in [4.69, 9.17) is 4.98 Å². The Kier molecular flexibility index (Phi) is 7.18. The number of halogens is 1. The van der Waals surface area contributed by atoms with Crippen molar-refractivity contribution in [2.75, 3.05) is 23.3 Å². The molecule has 0 saturated heterocycles. The van der Waals surface area contributed by atoms with Gasteiger partial charge < -0.3 is 15.2 Å². The van der Waals surface area contributed by atoms with Crippen LogP contribution in [0.25, 0.3) is 0 Å². The molecule has 1 atom stereocenters. The number of nitrogens with one attached hydrogen (secondary N) is 2. The molecule has 198 valence electrons. The van der Waals surface area contributed by atoms with Crippen LogP contribution in [-0.2, 0) is 10.5 Å². The molecule has 0 radical (unpaired) electrons. The maximum Gasteiger partial charge on any atom is 0.257 e. The highest BCUT2D eigenvalue weighted by Crippen LogP contribution is 2.47. The van der Waals surface area contributed by atoms with Crippen molar-refractivity contribution in [3.63, 3.8) is 0 Å². The first kappa shape index (κ1) is 26.2. The monoisotopic (exact) mass is 532 g/mol. The van der Waals surface area contributed by atoms with E-state index in [9.17, 15) is 14.0 Å². The number of anilines is 2. The van der Waals surface area contributed by atoms with Crippen LogP contribution in [0.1, 0.15) is 63.1 Å². The highest BCUT2D eigenvalue weighted by atomic mass is 32.2. The van der Waals surface area contributed by atoms with Gasteiger partial charge in [0.05, 0.1) is 5.56 Å². The summed E-state index contributed by atoms with van der Waals surface area (Å²) in [5.74, 6) is 0.0720. The number of thioether (sulfide) groups is 1. The number of aromatic amines is 1. The van der Waals surface area contributed by atoms with Crippen LogP contribution in [0, 0.1) is 11.2 Å². The minimum absolute atomic E-state index is 0.0598. The SMILES string of the molecule is CCN(CC)c1ccc([C@H]2C3=C(CC(C)(C)CC3=O)Nc3nc(SCc4ccccc4F)[nH]c(=O)c32)cc1. The summed E-state index contributed by atoms with van der Waals surface area (Å²) in [6.45, 7) is 10.2. The average molecular weight is 533 g/mol. The zero-order chi connectivity index (χ0) is 27.0. The Labute approximate surface area is 226 Å². The molecule has 5 rings (SSSR count). The van der Waals surface area contributed by atoms with Crippen molar-refractivity contribution in [3.05, 3.63) is 92.7 Å². The van der Waals surface area contributed by atoms with E-state index < -0.39 is 5.92 Å². The standard InChI is InChI=1S/C30H33FN4O2S/c1-5-35(6-2)20-13-11-18(12-14-20)24-25-22(15-30(3,4)16-23(25)36)32-27-26(24)28(37)34-29(33-27)38-17-19-9-7-8-10-21(19)31/h7-14,24H,5-6,15-17H2,1-4H3,(H2,32,33,34,37)/t24-/m0/s1. The number of H-pyrrole nitrogens is 1. The second-order valence-electron chi connectivity index (χ2n) is 10.7. The maximum absolute atomic E-state index is 14.1. The minimum Gasteiger partial charge on any atom is -0.372 e. The van der Waals surface area contributed by atoms with Gasteiger partial charge in [0.15, 0.2) is 10.9 Å². The molecular formula is C30H33FN4O2S. The molecule has 0 bridgehead atoms. The highest BCUT2D eigenvalue weighted by Gasteiger charge is 2.42. The molecule has 1 aliphatic heterocycles. The summed E-state index contributed by atoms with van der Waals surface area (Å²) >= 11 is 1.28. The molecule has 1 aliphatic carbocycles. The smallest absolute Gasteiger partial charge is 0.257 e. The van der Waals surface area contributed by atoms with Gasteiger partial charge in [-0.2, -0.15) is 0 Å². The summed E-state index contributed by atoms with van der Waals surface area (Å²) in [6, 6.07) is 14.7. The summed E-state index contributed by atoms with van der Waals surface area (Å²) in [4.78, 5) is 37.0. The summed E-state index contributed by atoms with van der Waals surface area (Å²) in [5, 5.41) is 3.76. The van der Waals surface area contributed by atoms with Gasteiger partial charge in [-0.05, 0) is 55.0 Å². The number of carbonyl (C=O) groups is 1. The van der Waals surface area contributed by atoms with Gasteiger partial charge >= 0.3 is 0 Å². The Morgan fingerprint density at radius 3 is 2.45 bits per heavy atom. The molecule has 38 heavy (non-hydrogen) atoms. The molecule has 2 heterocycles. The number of allylic oxidation sites excluding steroid dienone is 2. The van der Waals surface area contributed by atoms with Crippen molar-refractivity contribution in [2.45, 2.75) is 57.4 Å². The Balaban J connectivity index is 1.57. The zero-order valence-electron chi connectivity index (χ0n) is 22.2. The lowest BCUT2D eigenvalue weighted by Gasteiger charge is -2.38. The predicted molar refractivity (Wildman–Crippen MR) is 151 cm³/mol. The van der Waals surface area contributed by atoms with Gasteiger partial charge in [-0.3, -0.25) is 9.59 Å². The van der Waals surface area contributed by atoms with Crippen molar-refractivity contribution in [2.24, 2.45) is 5.41 Å². The quantitative estimate of drug-likeness (QED) is 0.277. The molecule has 2 aliphatic rings. The summed E-state index contributed by atoms with van der Waals surface area (Å²) in [6.07, 6.45) is 1.12. The summed E-state index contributed by atoms with van der Waals surface area (Å²) in [7, 11) is 0. The first-order chi connectivity index (χ1) is 18.2. The zero-order valence-corrected chi connectivity index (χ0v) is 23.0. The molecule has 0 spiro atoms. The first-order valence-corrected chi connectivity index (χ1v) is 14.1. The largest absolute Gasteiger partial charge is 0.372 e. The van der Waals surface area contributed by atoms with Crippen molar-refractivity contribution in [1.29, 1.82) is 0 Å². The molecule has 0 unspecified atom stereocenters. The lowest BCUT2D eigenvalue weighted by molar-refractivity contribution is -0.118. The number of rotatable bonds is 7. The van der Waals surface area contributed by atoms with Gasteiger partial charge in [-0.25, -0.2) is 9.37 Å². The number of benzene rings is 2. The predicted octanol–water partition coefficient (Wildman–Crippen LogP) is 6.25. The molecule has 0 amide bonds. The molecular weight excluding hydrogens is 499 g/mol. The van der Waals surface area contributed by atoms with Crippen LogP contribution in [0.5, 0.6) is 0 Å². The van der Waals surface area contributed by atoms with Crippen LogP contribution in [0.2, 0.25) is 0 Å². The van der Waals surface area contributed by atoms with Crippen LogP contribution in [0.4, 0.5) is 15.9 Å². The van der Waals surface area contributed by atoms with Gasteiger partial charge in [0.2, 0.25) is 0 Å². The Bertz CT molecular complexity index is 1460. The topological polar surface area (TPSA) is 78.1 Å². The third kappa shape index (κ3) is 5.01. The number of Topliss-reactive ketones (excluding diaryl/α,β-unsaturated/α-hetero) is 1. The lowest BCUT2D eigenvalue weighted by Crippen LogP contribution is -2.37. The van der Waals surface area contributed by atoms with E-state index >= 15 is 0 Å². The van der Waals surface area contributed by atoms with Gasteiger partial charge in [0, 0.05) is 48.1 Å². The Hall–Kier alpha value is -3.39. The van der Waals surface area contributed by atoms with Gasteiger partial charge in [0.25, 0.3) is 5.56 Å². The van der Waals surface area contributed by atoms with Crippen molar-refractivity contribution >= 4 is 29.1 Å². The number of nitrogens with zero attached hydrogens (tertiary/aromatic N) is 2. The molecule has 1 aromatic heterocycles. The van der Waals surface area contributed by atoms with Crippen LogP contribution in [-0.4, -0.2) is 28.8 Å². The maximum atomic E-state index is 14.1. The molecule has 6 nitrogen and oxygen atoms in total. The van der Waals surface area contributed by atoms with Crippen molar-refractivity contribution < 1.29 is 9.18 Å². The second kappa shape index (κ2) is 10.4. The van der Waals surface area contributed by atoms with E-state index in [1.807, 2.05) is 12.1 Å². The van der Waals surface area contributed by atoms with E-state index in [1.165, 1.54) is 17.8 Å². The van der Waals surface area contributed by atoms with Gasteiger partial charge in [0.1, 0.15) is 11.6 Å². The number of fused-ring (bicyclic) bond motifs is 1. The molecule has 8 heteroatoms. The normalized spacial score (nSPS) is 18.0. The van der Waals surface area contributed by atoms with Crippen LogP contribution in [0.15, 0.2) is 69.8 Å². The van der Waals surface area contributed by atoms with Crippen LogP contribution >= 0.6 is 11.8 Å². The van der Waals surface area contributed by atoms with Crippen molar-refractivity contribution in [3.8, 4) is 0 Å². The van der Waals surface area contributed by atoms with E-state index in [-0.39, 0.29) is 22.6 Å². The number of aromatic nitrogens is 2. The third-order valence-electron chi connectivity index (χ3n) is 7.38. The second-order valence-corrected chi connectivity index (χ2v) is 11.6. The molecule has 0 saturated carbocycles. The van der Waals surface area contributed by atoms with Gasteiger partial charge in [-0.15, -0.1) is 0 Å². The van der Waals surface area contributed by atoms with E-state index in [2.05, 4.69) is 55.0 Å². The van der Waals surface area contributed by atoms with E-state index in [0.717, 1.165) is 30.0 Å². The van der Waals surface area contributed by atoms with Crippen LogP contribution < -0.4 is 15.8 Å². The summed E-state index contributed by atoms with van der Waals surface area (Å²) in [5.41, 5.74) is 3.99. The molecule has 0 fully saturated rings. The fourth-order valence-electron chi connectivity index (χ4n) is 5.52. The fraction of sp³-hybridized carbons (Fsp3) is 0.367. The number of hydrogen-bond acceptors (Lipinski definition) is 6. The average Bonchev–Trinajstić information content (AvgIpc) is 2.87. The first-order valence-electron chi connectivity index (χ1n) is 13.1. The summed E-state index contributed by atoms with van der Waals surface area (Å²) < 4.78 is 14.1. The van der Waals surface area contributed by atoms with Crippen molar-refractivity contribution in [1.82, 2.24) is 9.97 Å². The number of hydrogen-bond donors (Lipinski definition) is 2. The van der Waals surface area contributed by atoms with Crippen LogP contribution in [0.3, 0.4) is 0 Å². The fourth-order valence-corrected chi connectivity index (χ4v) is 6.37. The third-order valence-corrected chi connectivity index (χ3v) is 8.30. The van der Waals surface area contributed by atoms with E-state index in [0.29, 0.717) is 46.3 Å². The Morgan fingerprint density at radius 2 is 1.76 bits per heavy atom. The highest BCUT2D eigenvalue weighted by molar-refractivity contribution is 7.98. The van der Waals surface area contributed by atoms with E-state index in [1.54, 1.807) is 18.2 Å². The van der Waals surface area contributed by atoms with Gasteiger partial charge in [-0.1, -0.05) is 55.9 Å². The number of carbonyl (C=O) groups excluding carboxylic acids is 1. The molecule has 3 aromatic rings. The Morgan fingerprint density at radius 1 is 1.05 bits per heavy atom. The molecule has 2 N–H and O–H groups in total. The lowest BCUT2D eigenvalue weighted by atomic mass is 9.69.